The summed E-state index contributed by atoms with van der Waals surface area (Å²) in [6.07, 6.45) is 3.41. The summed E-state index contributed by atoms with van der Waals surface area (Å²) in [7, 11) is 1.59. The molecule has 0 radical (unpaired) electrons. The van der Waals surface area contributed by atoms with Gasteiger partial charge < -0.3 is 10.5 Å². The zero-order valence-corrected chi connectivity index (χ0v) is 7.95. The van der Waals surface area contributed by atoms with E-state index in [-0.39, 0.29) is 6.04 Å². The van der Waals surface area contributed by atoms with Crippen LogP contribution in [-0.4, -0.2) is 12.1 Å². The summed E-state index contributed by atoms with van der Waals surface area (Å²) in [6, 6.07) is 1.71. The number of hydrogen-bond acceptors (Lipinski definition) is 3. The average molecular weight is 178 g/mol. The first kappa shape index (κ1) is 9.74. The first-order chi connectivity index (χ1) is 6.19. The molecule has 0 amide bonds. The van der Waals surface area contributed by atoms with Gasteiger partial charge in [-0.3, -0.25) is 0 Å². The van der Waals surface area contributed by atoms with Crippen molar-refractivity contribution in [1.82, 2.24) is 4.98 Å². The van der Waals surface area contributed by atoms with Crippen LogP contribution >= 0.6 is 0 Å². The van der Waals surface area contributed by atoms with Gasteiger partial charge in [-0.15, -0.1) is 6.58 Å². The molecule has 0 bridgehead atoms. The average Bonchev–Trinajstić information content (AvgIpc) is 2.16. The smallest absolute Gasteiger partial charge is 0.213 e. The Labute approximate surface area is 78.2 Å². The molecule has 0 aromatic carbocycles. The molecule has 0 aliphatic carbocycles. The maximum Gasteiger partial charge on any atom is 0.213 e. The van der Waals surface area contributed by atoms with Crippen LogP contribution in [0.5, 0.6) is 5.88 Å². The fourth-order valence-corrected chi connectivity index (χ4v) is 1.13. The van der Waals surface area contributed by atoms with Gasteiger partial charge in [-0.2, -0.15) is 0 Å². The first-order valence-corrected chi connectivity index (χ1v) is 4.07. The zero-order valence-electron chi connectivity index (χ0n) is 7.95. The van der Waals surface area contributed by atoms with Crippen molar-refractivity contribution in [3.8, 4) is 5.88 Å². The molecule has 2 N–H and O–H groups in total. The van der Waals surface area contributed by atoms with Gasteiger partial charge in [0, 0.05) is 18.3 Å². The molecule has 0 spiro atoms. The molecule has 13 heavy (non-hydrogen) atoms. The monoisotopic (exact) mass is 178 g/mol. The van der Waals surface area contributed by atoms with Crippen molar-refractivity contribution in [1.29, 1.82) is 0 Å². The number of hydrogen-bond donors (Lipinski definition) is 1. The number of nitrogens with zero attached hydrogens (tertiary/aromatic N) is 1. The molecule has 3 nitrogen and oxygen atoms in total. The maximum atomic E-state index is 5.79. The second kappa shape index (κ2) is 4.05. The largest absolute Gasteiger partial charge is 0.481 e. The number of aryl methyl sites for hydroxylation is 1. The van der Waals surface area contributed by atoms with E-state index in [0.29, 0.717) is 5.88 Å². The van der Waals surface area contributed by atoms with Gasteiger partial charge in [-0.25, -0.2) is 4.98 Å². The van der Waals surface area contributed by atoms with Gasteiger partial charge in [-0.05, 0) is 18.1 Å². The third-order valence-electron chi connectivity index (χ3n) is 1.95. The number of ether oxygens (including phenoxy) is 1. The molecule has 0 aliphatic rings. The maximum absolute atomic E-state index is 5.79. The van der Waals surface area contributed by atoms with Crippen LogP contribution < -0.4 is 10.5 Å². The predicted octanol–water partition coefficient (Wildman–Crippen LogP) is 1.58. The lowest BCUT2D eigenvalue weighted by Gasteiger charge is -2.10. The van der Waals surface area contributed by atoms with Crippen LogP contribution in [0.2, 0.25) is 0 Å². The Hall–Kier alpha value is -1.35. The van der Waals surface area contributed by atoms with E-state index < -0.39 is 0 Å². The normalized spacial score (nSPS) is 12.2. The van der Waals surface area contributed by atoms with Crippen LogP contribution in [0.15, 0.2) is 24.9 Å². The van der Waals surface area contributed by atoms with Crippen molar-refractivity contribution in [2.75, 3.05) is 7.11 Å². The van der Waals surface area contributed by atoms with Gasteiger partial charge in [0.15, 0.2) is 0 Å². The molecule has 1 heterocycles. The highest BCUT2D eigenvalue weighted by molar-refractivity contribution is 5.32. The highest BCUT2D eigenvalue weighted by Gasteiger charge is 2.06. The van der Waals surface area contributed by atoms with E-state index in [4.69, 9.17) is 10.5 Å². The highest BCUT2D eigenvalue weighted by atomic mass is 16.5. The fourth-order valence-electron chi connectivity index (χ4n) is 1.13. The molecular weight excluding hydrogens is 164 g/mol. The minimum atomic E-state index is -0.154. The van der Waals surface area contributed by atoms with E-state index >= 15 is 0 Å². The Balaban J connectivity index is 3.04. The van der Waals surface area contributed by atoms with Crippen molar-refractivity contribution in [2.45, 2.75) is 13.0 Å². The number of methoxy groups -OCH3 is 1. The van der Waals surface area contributed by atoms with Crippen LogP contribution in [0.3, 0.4) is 0 Å². The molecular formula is C10H14N2O. The molecule has 0 saturated carbocycles. The van der Waals surface area contributed by atoms with Crippen LogP contribution in [0.25, 0.3) is 0 Å². The molecule has 1 atom stereocenters. The van der Waals surface area contributed by atoms with Crippen molar-refractivity contribution in [3.63, 3.8) is 0 Å². The summed E-state index contributed by atoms with van der Waals surface area (Å²) in [5.74, 6) is 0.609. The van der Waals surface area contributed by atoms with Gasteiger partial charge in [-0.1, -0.05) is 6.08 Å². The molecule has 1 unspecified atom stereocenters. The molecule has 1 rings (SSSR count). The highest BCUT2D eigenvalue weighted by Crippen LogP contribution is 2.18. The van der Waals surface area contributed by atoms with E-state index in [2.05, 4.69) is 11.6 Å². The predicted molar refractivity (Wildman–Crippen MR) is 52.7 cm³/mol. The van der Waals surface area contributed by atoms with E-state index in [1.807, 2.05) is 13.0 Å². The lowest BCUT2D eigenvalue weighted by atomic mass is 10.1. The number of pyridine rings is 1. The van der Waals surface area contributed by atoms with Crippen molar-refractivity contribution >= 4 is 0 Å². The van der Waals surface area contributed by atoms with Gasteiger partial charge in [0.05, 0.1) is 7.11 Å². The minimum absolute atomic E-state index is 0.154. The lowest BCUT2D eigenvalue weighted by molar-refractivity contribution is 0.397. The Bertz CT molecular complexity index is 310. The van der Waals surface area contributed by atoms with Crippen LogP contribution in [0.1, 0.15) is 17.2 Å². The van der Waals surface area contributed by atoms with Crippen molar-refractivity contribution in [2.24, 2.45) is 5.73 Å². The first-order valence-electron chi connectivity index (χ1n) is 4.07. The zero-order chi connectivity index (χ0) is 9.84. The summed E-state index contributed by atoms with van der Waals surface area (Å²) >= 11 is 0. The van der Waals surface area contributed by atoms with E-state index in [0.717, 1.165) is 11.1 Å². The third kappa shape index (κ3) is 2.06. The Kier molecular flexibility index (Phi) is 3.03. The van der Waals surface area contributed by atoms with E-state index in [9.17, 15) is 0 Å². The second-order valence-electron chi connectivity index (χ2n) is 2.84. The Morgan fingerprint density at radius 3 is 2.85 bits per heavy atom. The van der Waals surface area contributed by atoms with Crippen molar-refractivity contribution < 1.29 is 4.74 Å². The minimum Gasteiger partial charge on any atom is -0.481 e. The topological polar surface area (TPSA) is 48.1 Å². The molecule has 3 heteroatoms. The summed E-state index contributed by atoms with van der Waals surface area (Å²) in [5.41, 5.74) is 7.84. The van der Waals surface area contributed by atoms with Gasteiger partial charge in [0.1, 0.15) is 0 Å². The standard InChI is InChI=1S/C10H14N2O/c1-4-9(11)8-6-12-10(13-3)5-7(8)2/h4-6,9H,1,11H2,2-3H3. The van der Waals surface area contributed by atoms with Crippen LogP contribution in [-0.2, 0) is 0 Å². The molecule has 1 aromatic heterocycles. The molecule has 0 aliphatic heterocycles. The Morgan fingerprint density at radius 2 is 2.38 bits per heavy atom. The number of aromatic nitrogens is 1. The third-order valence-corrected chi connectivity index (χ3v) is 1.95. The van der Waals surface area contributed by atoms with Gasteiger partial charge in [0.25, 0.3) is 0 Å². The van der Waals surface area contributed by atoms with Crippen LogP contribution in [0.4, 0.5) is 0 Å². The quantitative estimate of drug-likeness (QED) is 0.715. The second-order valence-corrected chi connectivity index (χ2v) is 2.84. The molecule has 0 fully saturated rings. The summed E-state index contributed by atoms with van der Waals surface area (Å²) in [5, 5.41) is 0. The summed E-state index contributed by atoms with van der Waals surface area (Å²) < 4.78 is 4.99. The Morgan fingerprint density at radius 1 is 1.69 bits per heavy atom. The lowest BCUT2D eigenvalue weighted by Crippen LogP contribution is -2.09. The number of rotatable bonds is 3. The van der Waals surface area contributed by atoms with Gasteiger partial charge in [0.2, 0.25) is 5.88 Å². The molecule has 0 saturated heterocycles. The summed E-state index contributed by atoms with van der Waals surface area (Å²) in [4.78, 5) is 4.08. The van der Waals surface area contributed by atoms with E-state index in [1.54, 1.807) is 19.4 Å². The van der Waals surface area contributed by atoms with E-state index in [1.165, 1.54) is 0 Å². The molecule has 1 aromatic rings. The number of nitrogens with two attached hydrogens (primary N) is 1. The molecule has 70 valence electrons. The fraction of sp³-hybridized carbons (Fsp3) is 0.300. The van der Waals surface area contributed by atoms with Crippen LogP contribution in [0, 0.1) is 6.92 Å². The summed E-state index contributed by atoms with van der Waals surface area (Å²) in [6.45, 7) is 5.61. The van der Waals surface area contributed by atoms with Gasteiger partial charge >= 0.3 is 0 Å². The van der Waals surface area contributed by atoms with Crippen molar-refractivity contribution in [3.05, 3.63) is 36.0 Å². The SMILES string of the molecule is C=CC(N)c1cnc(OC)cc1C.